The molecular weight excluding hydrogens is 408 g/mol. The second kappa shape index (κ2) is 8.49. The van der Waals surface area contributed by atoms with E-state index >= 15 is 0 Å². The lowest BCUT2D eigenvalue weighted by molar-refractivity contribution is -0.139. The van der Waals surface area contributed by atoms with E-state index in [1.54, 1.807) is 0 Å². The van der Waals surface area contributed by atoms with Crippen molar-refractivity contribution in [2.75, 3.05) is 6.61 Å². The van der Waals surface area contributed by atoms with Crippen LogP contribution in [0.4, 0.5) is 4.79 Å². The number of amides is 1. The number of carbonyl (C=O) groups is 2. The molecule has 5 rings (SSSR count). The zero-order chi connectivity index (χ0) is 22.1. The van der Waals surface area contributed by atoms with E-state index in [1.807, 2.05) is 36.4 Å². The minimum Gasteiger partial charge on any atom is -0.480 e. The number of carboxylic acid groups (broad SMARTS) is 1. The van der Waals surface area contributed by atoms with E-state index in [1.165, 1.54) is 0 Å². The minimum atomic E-state index is -1.14. The molecule has 0 unspecified atom stereocenters. The lowest BCUT2D eigenvalue weighted by Crippen LogP contribution is -2.43. The molecule has 2 N–H and O–H groups in total. The van der Waals surface area contributed by atoms with Crippen LogP contribution in [0.2, 0.25) is 0 Å². The van der Waals surface area contributed by atoms with Crippen LogP contribution in [0.15, 0.2) is 53.1 Å². The topological polar surface area (TPSA) is 102 Å². The number of benzene rings is 2. The average molecular weight is 432 g/mol. The zero-order valence-electron chi connectivity index (χ0n) is 17.5. The van der Waals surface area contributed by atoms with Crippen molar-refractivity contribution in [2.45, 2.75) is 44.1 Å². The van der Waals surface area contributed by atoms with Crippen molar-refractivity contribution in [1.82, 2.24) is 10.5 Å². The molecule has 1 aromatic heterocycles. The summed E-state index contributed by atoms with van der Waals surface area (Å²) in [5.74, 6) is -0.387. The SMILES string of the molecule is O=C(N[C@@H](Cc1noc2c1CCCC2)C(=O)O)OCC1c2ccccc2-c2ccccc21. The molecule has 0 saturated carbocycles. The molecule has 1 heterocycles. The molecule has 2 aliphatic rings. The van der Waals surface area contributed by atoms with Crippen molar-refractivity contribution in [3.63, 3.8) is 0 Å². The van der Waals surface area contributed by atoms with Crippen molar-refractivity contribution in [3.8, 4) is 11.1 Å². The van der Waals surface area contributed by atoms with Gasteiger partial charge in [0.25, 0.3) is 0 Å². The van der Waals surface area contributed by atoms with Gasteiger partial charge in [-0.1, -0.05) is 53.7 Å². The van der Waals surface area contributed by atoms with Gasteiger partial charge < -0.3 is 19.7 Å². The molecule has 7 heteroatoms. The third-order valence-electron chi connectivity index (χ3n) is 6.36. The maximum Gasteiger partial charge on any atom is 0.407 e. The number of ether oxygens (including phenoxy) is 1. The van der Waals surface area contributed by atoms with E-state index in [0.717, 1.165) is 59.3 Å². The highest BCUT2D eigenvalue weighted by atomic mass is 16.5. The number of aliphatic carboxylic acids is 1. The van der Waals surface area contributed by atoms with Gasteiger partial charge in [-0.25, -0.2) is 9.59 Å². The summed E-state index contributed by atoms with van der Waals surface area (Å²) in [5, 5.41) is 16.2. The summed E-state index contributed by atoms with van der Waals surface area (Å²) in [6, 6.07) is 15.0. The van der Waals surface area contributed by atoms with Gasteiger partial charge in [-0.2, -0.15) is 0 Å². The molecule has 0 radical (unpaired) electrons. The minimum absolute atomic E-state index is 0.0678. The van der Waals surface area contributed by atoms with E-state index in [-0.39, 0.29) is 18.9 Å². The van der Waals surface area contributed by atoms with Crippen LogP contribution in [0.25, 0.3) is 11.1 Å². The van der Waals surface area contributed by atoms with Gasteiger partial charge in [-0.05, 0) is 41.5 Å². The van der Waals surface area contributed by atoms with Crippen LogP contribution >= 0.6 is 0 Å². The van der Waals surface area contributed by atoms with Crippen LogP contribution in [0, 0.1) is 0 Å². The molecule has 1 amide bonds. The number of nitrogens with zero attached hydrogens (tertiary/aromatic N) is 1. The Balaban J connectivity index is 1.26. The third-order valence-corrected chi connectivity index (χ3v) is 6.36. The Morgan fingerprint density at radius 3 is 2.41 bits per heavy atom. The average Bonchev–Trinajstić information content (AvgIpc) is 3.36. The first-order valence-electron chi connectivity index (χ1n) is 10.9. The molecule has 0 saturated heterocycles. The molecule has 2 aliphatic carbocycles. The van der Waals surface area contributed by atoms with Gasteiger partial charge >= 0.3 is 12.1 Å². The molecule has 0 aliphatic heterocycles. The lowest BCUT2D eigenvalue weighted by Gasteiger charge is -2.17. The van der Waals surface area contributed by atoms with E-state index < -0.39 is 18.1 Å². The highest BCUT2D eigenvalue weighted by molar-refractivity contribution is 5.81. The summed E-state index contributed by atoms with van der Waals surface area (Å²) >= 11 is 0. The van der Waals surface area contributed by atoms with Gasteiger partial charge in [0.1, 0.15) is 18.4 Å². The first-order valence-corrected chi connectivity index (χ1v) is 10.9. The summed E-state index contributed by atoms with van der Waals surface area (Å²) in [6.45, 7) is 0.131. The van der Waals surface area contributed by atoms with Gasteiger partial charge in [-0.15, -0.1) is 0 Å². The Labute approximate surface area is 185 Å². The van der Waals surface area contributed by atoms with Crippen LogP contribution in [0.1, 0.15) is 46.9 Å². The fraction of sp³-hybridized carbons (Fsp3) is 0.320. The number of carbonyl (C=O) groups excluding carboxylic acids is 1. The highest BCUT2D eigenvalue weighted by Gasteiger charge is 2.30. The summed E-state index contributed by atoms with van der Waals surface area (Å²) < 4.78 is 10.9. The van der Waals surface area contributed by atoms with E-state index in [4.69, 9.17) is 9.26 Å². The Bertz CT molecular complexity index is 1120. The van der Waals surface area contributed by atoms with Crippen molar-refractivity contribution in [1.29, 1.82) is 0 Å². The fourth-order valence-corrected chi connectivity index (χ4v) is 4.79. The fourth-order valence-electron chi connectivity index (χ4n) is 4.79. The second-order valence-electron chi connectivity index (χ2n) is 8.30. The van der Waals surface area contributed by atoms with Gasteiger partial charge in [0, 0.05) is 24.3 Å². The number of aromatic nitrogens is 1. The molecule has 0 spiro atoms. The van der Waals surface area contributed by atoms with E-state index in [9.17, 15) is 14.7 Å². The predicted molar refractivity (Wildman–Crippen MR) is 116 cm³/mol. The maximum absolute atomic E-state index is 12.5. The molecule has 0 bridgehead atoms. The van der Waals surface area contributed by atoms with Crippen LogP contribution in [-0.2, 0) is 28.8 Å². The largest absolute Gasteiger partial charge is 0.480 e. The van der Waals surface area contributed by atoms with Crippen molar-refractivity contribution in [3.05, 3.63) is 76.7 Å². The normalized spacial score (nSPS) is 15.4. The van der Waals surface area contributed by atoms with Crippen LogP contribution in [0.5, 0.6) is 0 Å². The number of alkyl carbamates (subject to hydrolysis) is 1. The van der Waals surface area contributed by atoms with Gasteiger partial charge in [0.15, 0.2) is 0 Å². The first-order chi connectivity index (χ1) is 15.6. The molecule has 0 fully saturated rings. The van der Waals surface area contributed by atoms with Crippen molar-refractivity contribution in [2.24, 2.45) is 0 Å². The van der Waals surface area contributed by atoms with Gasteiger partial charge in [-0.3, -0.25) is 0 Å². The summed E-state index contributed by atoms with van der Waals surface area (Å²) in [6.07, 6.45) is 3.03. The molecule has 32 heavy (non-hydrogen) atoms. The molecule has 2 aromatic carbocycles. The smallest absolute Gasteiger partial charge is 0.407 e. The number of fused-ring (bicyclic) bond motifs is 4. The van der Waals surface area contributed by atoms with E-state index in [2.05, 4.69) is 22.6 Å². The van der Waals surface area contributed by atoms with Gasteiger partial charge in [0.2, 0.25) is 0 Å². The summed E-state index contributed by atoms with van der Waals surface area (Å²) in [7, 11) is 0. The zero-order valence-corrected chi connectivity index (χ0v) is 17.5. The predicted octanol–water partition coefficient (Wildman–Crippen LogP) is 4.09. The van der Waals surface area contributed by atoms with Crippen molar-refractivity contribution < 1.29 is 24.0 Å². The molecular formula is C25H24N2O5. The van der Waals surface area contributed by atoms with E-state index in [0.29, 0.717) is 5.69 Å². The number of rotatable bonds is 6. The van der Waals surface area contributed by atoms with Crippen LogP contribution in [-0.4, -0.2) is 35.0 Å². The lowest BCUT2D eigenvalue weighted by atomic mass is 9.94. The molecule has 1 atom stereocenters. The number of carboxylic acids is 1. The van der Waals surface area contributed by atoms with Crippen molar-refractivity contribution >= 4 is 12.1 Å². The molecule has 3 aromatic rings. The number of nitrogens with one attached hydrogen (secondary N) is 1. The van der Waals surface area contributed by atoms with Crippen LogP contribution < -0.4 is 5.32 Å². The van der Waals surface area contributed by atoms with Gasteiger partial charge in [0.05, 0.1) is 5.69 Å². The Hall–Kier alpha value is -3.61. The molecule has 164 valence electrons. The Kier molecular flexibility index (Phi) is 5.39. The quantitative estimate of drug-likeness (QED) is 0.608. The summed E-state index contributed by atoms with van der Waals surface area (Å²) in [4.78, 5) is 24.3. The summed E-state index contributed by atoms with van der Waals surface area (Å²) in [5.41, 5.74) is 6.06. The van der Waals surface area contributed by atoms with Crippen LogP contribution in [0.3, 0.4) is 0 Å². The maximum atomic E-state index is 12.5. The Morgan fingerprint density at radius 1 is 1.06 bits per heavy atom. The first kappa shape index (κ1) is 20.3. The second-order valence-corrected chi connectivity index (χ2v) is 8.30. The number of aryl methyl sites for hydroxylation is 1. The third kappa shape index (κ3) is 3.75. The molecule has 7 nitrogen and oxygen atoms in total. The number of hydrogen-bond acceptors (Lipinski definition) is 5. The highest BCUT2D eigenvalue weighted by Crippen LogP contribution is 2.44. The standard InChI is InChI=1S/C25H24N2O5/c28-24(29)22(13-21-19-11-5-6-12-23(19)32-27-21)26-25(30)31-14-20-17-9-3-1-7-15(17)16-8-2-4-10-18(16)20/h1-4,7-10,20,22H,5-6,11-14H2,(H,26,30)(H,28,29)/t22-/m0/s1. The Morgan fingerprint density at radius 2 is 1.72 bits per heavy atom. The number of hydrogen-bond donors (Lipinski definition) is 2. The monoisotopic (exact) mass is 432 g/mol.